The van der Waals surface area contributed by atoms with Crippen molar-refractivity contribution >= 4 is 11.7 Å². The number of ether oxygens (including phenoxy) is 3. The number of rotatable bonds is 6. The van der Waals surface area contributed by atoms with Crippen molar-refractivity contribution < 1.29 is 23.9 Å². The van der Waals surface area contributed by atoms with Crippen LogP contribution in [-0.2, 0) is 11.3 Å². The molecule has 0 N–H and O–H groups in total. The van der Waals surface area contributed by atoms with Gasteiger partial charge < -0.3 is 14.2 Å². The van der Waals surface area contributed by atoms with Crippen LogP contribution in [0, 0.1) is 24.0 Å². The zero-order valence-corrected chi connectivity index (χ0v) is 14.5. The minimum absolute atomic E-state index is 0.0205. The molecule has 25 heavy (non-hydrogen) atoms. The van der Waals surface area contributed by atoms with Gasteiger partial charge in [-0.1, -0.05) is 6.07 Å². The molecule has 0 aliphatic heterocycles. The van der Waals surface area contributed by atoms with Gasteiger partial charge in [-0.2, -0.15) is 0 Å². The summed E-state index contributed by atoms with van der Waals surface area (Å²) in [7, 11) is 3.07. The van der Waals surface area contributed by atoms with Crippen LogP contribution in [-0.4, -0.2) is 25.1 Å². The van der Waals surface area contributed by atoms with Gasteiger partial charge in [0, 0.05) is 11.6 Å². The van der Waals surface area contributed by atoms with Crippen LogP contribution in [0.5, 0.6) is 11.5 Å². The van der Waals surface area contributed by atoms with E-state index in [9.17, 15) is 14.9 Å². The fourth-order valence-electron chi connectivity index (χ4n) is 2.34. The summed E-state index contributed by atoms with van der Waals surface area (Å²) in [4.78, 5) is 22.6. The van der Waals surface area contributed by atoms with Crippen LogP contribution in [0.15, 0.2) is 30.3 Å². The number of benzene rings is 2. The highest BCUT2D eigenvalue weighted by molar-refractivity contribution is 5.90. The third-order valence-electron chi connectivity index (χ3n) is 3.84. The molecule has 0 unspecified atom stereocenters. The molecular weight excluding hydrogens is 326 g/mol. The van der Waals surface area contributed by atoms with Crippen LogP contribution in [0.4, 0.5) is 5.69 Å². The van der Waals surface area contributed by atoms with Gasteiger partial charge in [-0.05, 0) is 43.2 Å². The zero-order valence-electron chi connectivity index (χ0n) is 14.5. The molecule has 7 heteroatoms. The summed E-state index contributed by atoms with van der Waals surface area (Å²) in [5, 5.41) is 11.0. The number of hydrogen-bond donors (Lipinski definition) is 0. The fraction of sp³-hybridized carbons (Fsp3) is 0.278. The Morgan fingerprint density at radius 3 is 2.28 bits per heavy atom. The molecule has 2 aromatic carbocycles. The molecule has 132 valence electrons. The molecule has 0 saturated heterocycles. The molecule has 0 atom stereocenters. The number of esters is 1. The maximum Gasteiger partial charge on any atom is 0.338 e. The number of nitro benzene ring substituents is 1. The minimum Gasteiger partial charge on any atom is -0.493 e. The molecule has 2 aromatic rings. The summed E-state index contributed by atoms with van der Waals surface area (Å²) < 4.78 is 15.7. The van der Waals surface area contributed by atoms with E-state index in [-0.39, 0.29) is 17.9 Å². The number of nitrogens with zero attached hydrogens (tertiary/aromatic N) is 1. The SMILES string of the molecule is COc1cc(C)c(COC(=O)c2ccc(C)c([N+](=O)[O-])c2)cc1OC. The van der Waals surface area contributed by atoms with Crippen molar-refractivity contribution in [2.45, 2.75) is 20.5 Å². The van der Waals surface area contributed by atoms with Gasteiger partial charge in [-0.3, -0.25) is 10.1 Å². The Hall–Kier alpha value is -3.09. The summed E-state index contributed by atoms with van der Waals surface area (Å²) in [5.74, 6) is 0.492. The predicted molar refractivity (Wildman–Crippen MR) is 91.2 cm³/mol. The zero-order chi connectivity index (χ0) is 18.6. The molecule has 0 aromatic heterocycles. The van der Waals surface area contributed by atoms with Crippen LogP contribution >= 0.6 is 0 Å². The van der Waals surface area contributed by atoms with Crippen molar-refractivity contribution in [2.75, 3.05) is 14.2 Å². The summed E-state index contributed by atoms with van der Waals surface area (Å²) in [6, 6.07) is 7.78. The Balaban J connectivity index is 2.18. The second-order valence-electron chi connectivity index (χ2n) is 5.47. The lowest BCUT2D eigenvalue weighted by Crippen LogP contribution is -2.07. The molecule has 0 spiro atoms. The Kier molecular flexibility index (Phi) is 5.59. The maximum absolute atomic E-state index is 12.2. The van der Waals surface area contributed by atoms with Crippen LogP contribution < -0.4 is 9.47 Å². The Labute approximate surface area is 145 Å². The van der Waals surface area contributed by atoms with Crippen LogP contribution in [0.25, 0.3) is 0 Å². The van der Waals surface area contributed by atoms with E-state index in [1.807, 2.05) is 6.92 Å². The third-order valence-corrected chi connectivity index (χ3v) is 3.84. The lowest BCUT2D eigenvalue weighted by atomic mass is 10.1. The monoisotopic (exact) mass is 345 g/mol. The summed E-state index contributed by atoms with van der Waals surface area (Å²) in [6.45, 7) is 3.49. The molecule has 0 aliphatic rings. The highest BCUT2D eigenvalue weighted by atomic mass is 16.6. The molecule has 0 aliphatic carbocycles. The van der Waals surface area contributed by atoms with Gasteiger partial charge in [0.2, 0.25) is 0 Å². The smallest absolute Gasteiger partial charge is 0.338 e. The number of methoxy groups -OCH3 is 2. The average molecular weight is 345 g/mol. The predicted octanol–water partition coefficient (Wildman–Crippen LogP) is 3.59. The van der Waals surface area contributed by atoms with Gasteiger partial charge in [0.25, 0.3) is 5.69 Å². The van der Waals surface area contributed by atoms with E-state index in [1.165, 1.54) is 25.3 Å². The van der Waals surface area contributed by atoms with Crippen molar-refractivity contribution in [1.29, 1.82) is 0 Å². The van der Waals surface area contributed by atoms with Crippen LogP contribution in [0.2, 0.25) is 0 Å². The topological polar surface area (TPSA) is 87.9 Å². The van der Waals surface area contributed by atoms with Gasteiger partial charge in [0.15, 0.2) is 11.5 Å². The van der Waals surface area contributed by atoms with Crippen molar-refractivity contribution in [1.82, 2.24) is 0 Å². The van der Waals surface area contributed by atoms with E-state index in [2.05, 4.69) is 0 Å². The Bertz CT molecular complexity index is 815. The third kappa shape index (κ3) is 4.06. The number of nitro groups is 1. The van der Waals surface area contributed by atoms with Crippen molar-refractivity contribution in [3.8, 4) is 11.5 Å². The molecule has 2 rings (SSSR count). The first-order valence-electron chi connectivity index (χ1n) is 7.51. The molecule has 7 nitrogen and oxygen atoms in total. The first kappa shape index (κ1) is 18.3. The lowest BCUT2D eigenvalue weighted by molar-refractivity contribution is -0.385. The largest absolute Gasteiger partial charge is 0.493 e. The quantitative estimate of drug-likeness (QED) is 0.452. The number of aryl methyl sites for hydroxylation is 2. The molecule has 0 fully saturated rings. The second-order valence-corrected chi connectivity index (χ2v) is 5.47. The molecule has 0 bridgehead atoms. The molecule has 0 heterocycles. The van der Waals surface area contributed by atoms with Gasteiger partial charge in [-0.25, -0.2) is 4.79 Å². The first-order valence-corrected chi connectivity index (χ1v) is 7.51. The fourth-order valence-corrected chi connectivity index (χ4v) is 2.34. The molecule has 0 radical (unpaired) electrons. The number of carbonyl (C=O) groups excluding carboxylic acids is 1. The minimum atomic E-state index is -0.628. The maximum atomic E-state index is 12.2. The average Bonchev–Trinajstić information content (AvgIpc) is 2.60. The number of hydrogen-bond acceptors (Lipinski definition) is 6. The van der Waals surface area contributed by atoms with E-state index in [4.69, 9.17) is 14.2 Å². The van der Waals surface area contributed by atoms with E-state index in [1.54, 1.807) is 26.2 Å². The molecule has 0 saturated carbocycles. The van der Waals surface area contributed by atoms with Gasteiger partial charge in [0.05, 0.1) is 24.7 Å². The van der Waals surface area contributed by atoms with Crippen molar-refractivity contribution in [2.24, 2.45) is 0 Å². The van der Waals surface area contributed by atoms with Crippen molar-refractivity contribution in [3.05, 3.63) is 62.7 Å². The second kappa shape index (κ2) is 7.65. The van der Waals surface area contributed by atoms with Gasteiger partial charge >= 0.3 is 5.97 Å². The van der Waals surface area contributed by atoms with Gasteiger partial charge in [0.1, 0.15) is 6.61 Å². The standard InChI is InChI=1S/C18H19NO6/c1-11-5-6-13(8-15(11)19(21)22)18(20)25-10-14-9-17(24-4)16(23-3)7-12(14)2/h5-9H,10H2,1-4H3. The molecule has 0 amide bonds. The first-order chi connectivity index (χ1) is 11.9. The molecular formula is C18H19NO6. The highest BCUT2D eigenvalue weighted by Gasteiger charge is 2.17. The van der Waals surface area contributed by atoms with Gasteiger partial charge in [-0.15, -0.1) is 0 Å². The Morgan fingerprint density at radius 2 is 1.68 bits per heavy atom. The van der Waals surface area contributed by atoms with E-state index in [0.717, 1.165) is 11.1 Å². The normalized spacial score (nSPS) is 10.2. The van der Waals surface area contributed by atoms with Crippen LogP contribution in [0.1, 0.15) is 27.0 Å². The van der Waals surface area contributed by atoms with E-state index in [0.29, 0.717) is 17.1 Å². The highest BCUT2D eigenvalue weighted by Crippen LogP contribution is 2.30. The summed E-state index contributed by atoms with van der Waals surface area (Å²) >= 11 is 0. The summed E-state index contributed by atoms with van der Waals surface area (Å²) in [6.07, 6.45) is 0. The number of carbonyl (C=O) groups is 1. The van der Waals surface area contributed by atoms with Crippen LogP contribution in [0.3, 0.4) is 0 Å². The Morgan fingerprint density at radius 1 is 1.04 bits per heavy atom. The van der Waals surface area contributed by atoms with E-state index >= 15 is 0 Å². The summed E-state index contributed by atoms with van der Waals surface area (Å²) in [5.41, 5.74) is 2.14. The van der Waals surface area contributed by atoms with Crippen molar-refractivity contribution in [3.63, 3.8) is 0 Å². The van der Waals surface area contributed by atoms with E-state index < -0.39 is 10.9 Å². The lowest BCUT2D eigenvalue weighted by Gasteiger charge is -2.13.